The van der Waals surface area contributed by atoms with Crippen LogP contribution in [0.2, 0.25) is 0 Å². The number of ether oxygens (including phenoxy) is 1. The molecule has 1 unspecified atom stereocenters. The molecular formula is C14H27O6P. The Hall–Kier alpha value is -0.680. The molecule has 0 radical (unpaired) electrons. The molecule has 0 bridgehead atoms. The normalized spacial score (nSPS) is 13.0. The summed E-state index contributed by atoms with van der Waals surface area (Å²) < 4.78 is 20.3. The summed E-state index contributed by atoms with van der Waals surface area (Å²) in [6, 6.07) is 0. The molecule has 0 rings (SSSR count). The number of carbonyl (C=O) groups is 1. The number of hydrogen-bond donors (Lipinski definition) is 2. The van der Waals surface area contributed by atoms with E-state index in [0.717, 1.165) is 19.3 Å². The summed E-state index contributed by atoms with van der Waals surface area (Å²) in [5.41, 5.74) is 0.249. The molecular weight excluding hydrogens is 295 g/mol. The molecule has 7 heteroatoms. The van der Waals surface area contributed by atoms with Gasteiger partial charge in [-0.15, -0.1) is 0 Å². The van der Waals surface area contributed by atoms with E-state index in [1.54, 1.807) is 0 Å². The Kier molecular flexibility index (Phi) is 10.6. The van der Waals surface area contributed by atoms with E-state index < -0.39 is 19.9 Å². The summed E-state index contributed by atoms with van der Waals surface area (Å²) in [4.78, 5) is 28.9. The number of hydrogen-bond acceptors (Lipinski definition) is 4. The molecule has 21 heavy (non-hydrogen) atoms. The van der Waals surface area contributed by atoms with Gasteiger partial charge in [-0.1, -0.05) is 45.6 Å². The van der Waals surface area contributed by atoms with Crippen LogP contribution in [0.4, 0.5) is 0 Å². The summed E-state index contributed by atoms with van der Waals surface area (Å²) in [5, 5.41) is 0. The summed E-state index contributed by atoms with van der Waals surface area (Å²) >= 11 is 0. The molecule has 0 spiro atoms. The maximum Gasteiger partial charge on any atom is 0.469 e. The van der Waals surface area contributed by atoms with Crippen molar-refractivity contribution >= 4 is 13.8 Å². The minimum Gasteiger partial charge on any atom is -0.457 e. The van der Waals surface area contributed by atoms with Gasteiger partial charge in [0, 0.05) is 5.57 Å². The molecule has 0 aliphatic heterocycles. The summed E-state index contributed by atoms with van der Waals surface area (Å²) in [6.07, 6.45) is 6.34. The molecule has 6 nitrogen and oxygen atoms in total. The van der Waals surface area contributed by atoms with Gasteiger partial charge in [-0.05, 0) is 19.8 Å². The van der Waals surface area contributed by atoms with Crippen LogP contribution in [0.5, 0.6) is 0 Å². The van der Waals surface area contributed by atoms with Crippen LogP contribution >= 0.6 is 7.82 Å². The Morgan fingerprint density at radius 3 is 2.29 bits per heavy atom. The zero-order valence-electron chi connectivity index (χ0n) is 12.9. The Labute approximate surface area is 126 Å². The van der Waals surface area contributed by atoms with Crippen LogP contribution in [0.1, 0.15) is 58.8 Å². The Morgan fingerprint density at radius 2 is 1.76 bits per heavy atom. The van der Waals surface area contributed by atoms with E-state index >= 15 is 0 Å². The molecule has 0 aromatic carbocycles. The lowest BCUT2D eigenvalue weighted by Gasteiger charge is -2.18. The quantitative estimate of drug-likeness (QED) is 0.248. The van der Waals surface area contributed by atoms with Gasteiger partial charge in [0.1, 0.15) is 6.10 Å². The predicted molar refractivity (Wildman–Crippen MR) is 80.7 cm³/mol. The highest BCUT2D eigenvalue weighted by Gasteiger charge is 2.21. The topological polar surface area (TPSA) is 93.1 Å². The van der Waals surface area contributed by atoms with E-state index in [4.69, 9.17) is 14.5 Å². The largest absolute Gasteiger partial charge is 0.469 e. The fourth-order valence-electron chi connectivity index (χ4n) is 1.76. The van der Waals surface area contributed by atoms with Crippen molar-refractivity contribution in [1.82, 2.24) is 0 Å². The molecule has 0 saturated heterocycles. The number of phosphoric ester groups is 1. The summed E-state index contributed by atoms with van der Waals surface area (Å²) in [7, 11) is -4.55. The summed E-state index contributed by atoms with van der Waals surface area (Å²) in [5.74, 6) is -0.569. The first-order valence-corrected chi connectivity index (χ1v) is 8.86. The maximum atomic E-state index is 11.5. The molecule has 1 atom stereocenters. The Balaban J connectivity index is 4.15. The number of esters is 1. The van der Waals surface area contributed by atoms with Gasteiger partial charge in [-0.2, -0.15) is 0 Å². The highest BCUT2D eigenvalue weighted by Crippen LogP contribution is 2.36. The van der Waals surface area contributed by atoms with Crippen LogP contribution in [0.15, 0.2) is 12.2 Å². The van der Waals surface area contributed by atoms with Crippen LogP contribution in [0.3, 0.4) is 0 Å². The third kappa shape index (κ3) is 12.8. The van der Waals surface area contributed by atoms with Crippen molar-refractivity contribution in [1.29, 1.82) is 0 Å². The number of unbranched alkanes of at least 4 members (excludes halogenated alkanes) is 5. The van der Waals surface area contributed by atoms with Crippen LogP contribution < -0.4 is 0 Å². The third-order valence-electron chi connectivity index (χ3n) is 2.93. The van der Waals surface area contributed by atoms with Gasteiger partial charge >= 0.3 is 13.8 Å². The van der Waals surface area contributed by atoms with Crippen LogP contribution in [-0.2, 0) is 18.6 Å². The second kappa shape index (κ2) is 11.0. The van der Waals surface area contributed by atoms with Crippen molar-refractivity contribution in [2.45, 2.75) is 64.9 Å². The molecule has 2 N–H and O–H groups in total. The molecule has 0 aliphatic carbocycles. The second-order valence-corrected chi connectivity index (χ2v) is 6.39. The van der Waals surface area contributed by atoms with Crippen molar-refractivity contribution in [3.05, 3.63) is 12.2 Å². The molecule has 0 aliphatic rings. The molecule has 0 heterocycles. The first-order chi connectivity index (χ1) is 9.76. The van der Waals surface area contributed by atoms with E-state index in [1.807, 2.05) is 0 Å². The predicted octanol–water partition coefficient (Wildman–Crippen LogP) is 3.33. The van der Waals surface area contributed by atoms with E-state index in [0.29, 0.717) is 6.42 Å². The fraction of sp³-hybridized carbons (Fsp3) is 0.786. The average Bonchev–Trinajstić information content (AvgIpc) is 2.38. The number of carbonyl (C=O) groups excluding carboxylic acids is 1. The molecule has 0 saturated carbocycles. The van der Waals surface area contributed by atoms with Gasteiger partial charge < -0.3 is 14.5 Å². The lowest BCUT2D eigenvalue weighted by Crippen LogP contribution is -2.23. The molecule has 0 aromatic rings. The molecule has 124 valence electrons. The van der Waals surface area contributed by atoms with E-state index in [1.165, 1.54) is 26.2 Å². The zero-order chi connectivity index (χ0) is 16.3. The number of rotatable bonds is 12. The van der Waals surface area contributed by atoms with Gasteiger partial charge in [-0.25, -0.2) is 9.36 Å². The summed E-state index contributed by atoms with van der Waals surface area (Å²) in [6.45, 7) is 6.84. The highest BCUT2D eigenvalue weighted by molar-refractivity contribution is 7.46. The third-order valence-corrected chi connectivity index (χ3v) is 3.42. The minimum atomic E-state index is -4.55. The Morgan fingerprint density at radius 1 is 1.19 bits per heavy atom. The van der Waals surface area contributed by atoms with Crippen LogP contribution in [0.25, 0.3) is 0 Å². The maximum absolute atomic E-state index is 11.5. The monoisotopic (exact) mass is 322 g/mol. The van der Waals surface area contributed by atoms with E-state index in [9.17, 15) is 9.36 Å². The van der Waals surface area contributed by atoms with Crippen molar-refractivity contribution in [2.24, 2.45) is 0 Å². The highest BCUT2D eigenvalue weighted by atomic mass is 31.2. The smallest absolute Gasteiger partial charge is 0.457 e. The van der Waals surface area contributed by atoms with E-state index in [-0.39, 0.29) is 12.2 Å². The van der Waals surface area contributed by atoms with Gasteiger partial charge in [0.2, 0.25) is 0 Å². The molecule has 0 fully saturated rings. The van der Waals surface area contributed by atoms with Gasteiger partial charge in [0.05, 0.1) is 6.61 Å². The van der Waals surface area contributed by atoms with Crippen molar-refractivity contribution in [2.75, 3.05) is 6.61 Å². The molecule has 0 amide bonds. The van der Waals surface area contributed by atoms with Crippen LogP contribution in [0, 0.1) is 0 Å². The number of phosphoric acid groups is 1. The standard InChI is InChI=1S/C14H27O6P/c1-4-5-6-7-8-9-10-13(11-19-21(16,17)18)20-14(15)12(2)3/h13H,2,4-11H2,1,3H3,(H2,16,17,18). The average molecular weight is 322 g/mol. The van der Waals surface area contributed by atoms with Gasteiger partial charge in [-0.3, -0.25) is 4.52 Å². The van der Waals surface area contributed by atoms with Crippen molar-refractivity contribution < 1.29 is 28.4 Å². The van der Waals surface area contributed by atoms with Crippen molar-refractivity contribution in [3.8, 4) is 0 Å². The zero-order valence-corrected chi connectivity index (χ0v) is 13.8. The van der Waals surface area contributed by atoms with E-state index in [2.05, 4.69) is 18.0 Å². The minimum absolute atomic E-state index is 0.249. The van der Waals surface area contributed by atoms with Crippen molar-refractivity contribution in [3.63, 3.8) is 0 Å². The lowest BCUT2D eigenvalue weighted by atomic mass is 10.1. The fourth-order valence-corrected chi connectivity index (χ4v) is 2.12. The van der Waals surface area contributed by atoms with Crippen LogP contribution in [-0.4, -0.2) is 28.5 Å². The molecule has 0 aromatic heterocycles. The Bertz CT molecular complexity index is 362. The first kappa shape index (κ1) is 20.3. The first-order valence-electron chi connectivity index (χ1n) is 7.32. The SMILES string of the molecule is C=C(C)C(=O)OC(CCCCCCCC)COP(=O)(O)O. The second-order valence-electron chi connectivity index (χ2n) is 5.15. The van der Waals surface area contributed by atoms with Gasteiger partial charge in [0.25, 0.3) is 0 Å². The lowest BCUT2D eigenvalue weighted by molar-refractivity contribution is -0.146. The van der Waals surface area contributed by atoms with Gasteiger partial charge in [0.15, 0.2) is 0 Å².